The molecule has 0 bridgehead atoms. The predicted octanol–water partition coefficient (Wildman–Crippen LogP) is 3.19. The van der Waals surface area contributed by atoms with E-state index < -0.39 is 0 Å². The number of hydrogen-bond acceptors (Lipinski definition) is 3. The van der Waals surface area contributed by atoms with Gasteiger partial charge in [-0.15, -0.1) is 0 Å². The molecule has 0 spiro atoms. The van der Waals surface area contributed by atoms with Crippen molar-refractivity contribution in [1.29, 1.82) is 0 Å². The van der Waals surface area contributed by atoms with Crippen LogP contribution in [0.4, 0.5) is 5.69 Å². The lowest BCUT2D eigenvalue weighted by Crippen LogP contribution is -2.40. The van der Waals surface area contributed by atoms with Gasteiger partial charge in [-0.1, -0.05) is 26.8 Å². The molecule has 1 saturated heterocycles. The second-order valence-electron chi connectivity index (χ2n) is 7.43. The Balaban J connectivity index is 2.10. The molecule has 132 valence electrons. The van der Waals surface area contributed by atoms with Crippen LogP contribution in [0.3, 0.4) is 0 Å². The highest BCUT2D eigenvalue weighted by Gasteiger charge is 2.27. The number of ether oxygens (including phenoxy) is 1. The first-order chi connectivity index (χ1) is 11.2. The highest BCUT2D eigenvalue weighted by molar-refractivity contribution is 5.94. The molecule has 0 unspecified atom stereocenters. The van der Waals surface area contributed by atoms with Crippen LogP contribution in [0, 0.1) is 5.92 Å². The number of nitrogens with zero attached hydrogens (tertiary/aromatic N) is 1. The third-order valence-corrected chi connectivity index (χ3v) is 4.63. The molecule has 0 radical (unpaired) electrons. The van der Waals surface area contributed by atoms with Gasteiger partial charge in [0.2, 0.25) is 11.8 Å². The summed E-state index contributed by atoms with van der Waals surface area (Å²) >= 11 is 0. The molecule has 0 aliphatic carbocycles. The van der Waals surface area contributed by atoms with Gasteiger partial charge in [0, 0.05) is 25.9 Å². The van der Waals surface area contributed by atoms with Crippen molar-refractivity contribution in [2.24, 2.45) is 5.92 Å². The topological polar surface area (TPSA) is 58.6 Å². The van der Waals surface area contributed by atoms with Gasteiger partial charge < -0.3 is 15.0 Å². The Morgan fingerprint density at radius 1 is 1.21 bits per heavy atom. The van der Waals surface area contributed by atoms with E-state index in [0.29, 0.717) is 37.4 Å². The fraction of sp³-hybridized carbons (Fsp3) is 0.579. The fourth-order valence-electron chi connectivity index (χ4n) is 2.96. The molecule has 1 fully saturated rings. The minimum absolute atomic E-state index is 0.00141. The van der Waals surface area contributed by atoms with Crippen molar-refractivity contribution < 1.29 is 14.3 Å². The maximum absolute atomic E-state index is 12.6. The number of amides is 2. The zero-order chi connectivity index (χ0) is 17.9. The minimum Gasteiger partial charge on any atom is -0.495 e. The summed E-state index contributed by atoms with van der Waals surface area (Å²) in [5.74, 6) is 0.678. The van der Waals surface area contributed by atoms with Crippen molar-refractivity contribution in [2.75, 3.05) is 25.5 Å². The lowest BCUT2D eigenvalue weighted by Gasteiger charge is -2.30. The fourth-order valence-corrected chi connectivity index (χ4v) is 2.96. The van der Waals surface area contributed by atoms with Crippen LogP contribution < -0.4 is 10.1 Å². The van der Waals surface area contributed by atoms with Crippen LogP contribution in [0.2, 0.25) is 0 Å². The molecule has 5 nitrogen and oxygen atoms in total. The van der Waals surface area contributed by atoms with E-state index in [1.807, 2.05) is 18.2 Å². The lowest BCUT2D eigenvalue weighted by molar-refractivity contribution is -0.132. The second-order valence-corrected chi connectivity index (χ2v) is 7.43. The van der Waals surface area contributed by atoms with E-state index in [0.717, 1.165) is 5.56 Å². The number of anilines is 1. The number of rotatable bonds is 3. The molecule has 0 saturated carbocycles. The van der Waals surface area contributed by atoms with Crippen LogP contribution in [0.15, 0.2) is 18.2 Å². The smallest absolute Gasteiger partial charge is 0.227 e. The van der Waals surface area contributed by atoms with Gasteiger partial charge in [0.15, 0.2) is 0 Å². The first kappa shape index (κ1) is 18.3. The number of piperidine rings is 1. The molecule has 0 aromatic heterocycles. The van der Waals surface area contributed by atoms with Crippen LogP contribution in [0.1, 0.15) is 46.1 Å². The first-order valence-corrected chi connectivity index (χ1v) is 8.47. The van der Waals surface area contributed by atoms with E-state index in [-0.39, 0.29) is 23.1 Å². The number of carbonyl (C=O) groups excluding carboxylic acids is 2. The van der Waals surface area contributed by atoms with Crippen molar-refractivity contribution in [3.63, 3.8) is 0 Å². The molecule has 1 aromatic rings. The normalized spacial score (nSPS) is 16.0. The standard InChI is InChI=1S/C19H28N2O3/c1-13(22)21-10-8-14(9-11-21)18(23)20-16-12-15(19(2,3)4)6-7-17(16)24-5/h6-7,12,14H,8-11H2,1-5H3,(H,20,23). The molecular formula is C19H28N2O3. The van der Waals surface area contributed by atoms with Gasteiger partial charge in [-0.25, -0.2) is 0 Å². The third-order valence-electron chi connectivity index (χ3n) is 4.63. The Kier molecular flexibility index (Phi) is 5.52. The van der Waals surface area contributed by atoms with Gasteiger partial charge in [-0.2, -0.15) is 0 Å². The molecule has 1 heterocycles. The lowest BCUT2D eigenvalue weighted by atomic mass is 9.86. The SMILES string of the molecule is COc1ccc(C(C)(C)C)cc1NC(=O)C1CCN(C(C)=O)CC1. The predicted molar refractivity (Wildman–Crippen MR) is 95.3 cm³/mol. The van der Waals surface area contributed by atoms with Gasteiger partial charge in [0.1, 0.15) is 5.75 Å². The van der Waals surface area contributed by atoms with Crippen molar-refractivity contribution in [1.82, 2.24) is 4.90 Å². The molecule has 1 aliphatic heterocycles. The average Bonchev–Trinajstić information content (AvgIpc) is 2.54. The zero-order valence-corrected chi connectivity index (χ0v) is 15.3. The Morgan fingerprint density at radius 3 is 2.33 bits per heavy atom. The van der Waals surface area contributed by atoms with Gasteiger partial charge >= 0.3 is 0 Å². The van der Waals surface area contributed by atoms with E-state index in [4.69, 9.17) is 4.74 Å². The first-order valence-electron chi connectivity index (χ1n) is 8.47. The Bertz CT molecular complexity index is 612. The zero-order valence-electron chi connectivity index (χ0n) is 15.3. The van der Waals surface area contributed by atoms with E-state index >= 15 is 0 Å². The number of benzene rings is 1. The summed E-state index contributed by atoms with van der Waals surface area (Å²) in [5, 5.41) is 3.02. The van der Waals surface area contributed by atoms with Crippen LogP contribution in [0.25, 0.3) is 0 Å². The molecule has 2 amide bonds. The van der Waals surface area contributed by atoms with Gasteiger partial charge in [0.25, 0.3) is 0 Å². The summed E-state index contributed by atoms with van der Waals surface area (Å²) in [7, 11) is 1.60. The number of nitrogens with one attached hydrogen (secondary N) is 1. The summed E-state index contributed by atoms with van der Waals surface area (Å²) in [4.78, 5) is 25.8. The van der Waals surface area contributed by atoms with Crippen molar-refractivity contribution in [2.45, 2.75) is 46.0 Å². The largest absolute Gasteiger partial charge is 0.495 e. The highest BCUT2D eigenvalue weighted by atomic mass is 16.5. The highest BCUT2D eigenvalue weighted by Crippen LogP contribution is 2.32. The van der Waals surface area contributed by atoms with Gasteiger partial charge in [-0.3, -0.25) is 9.59 Å². The summed E-state index contributed by atoms with van der Waals surface area (Å²) in [6.07, 6.45) is 1.40. The molecule has 1 aromatic carbocycles. The molecular weight excluding hydrogens is 304 g/mol. The van der Waals surface area contributed by atoms with E-state index in [2.05, 4.69) is 26.1 Å². The second kappa shape index (κ2) is 7.24. The maximum atomic E-state index is 12.6. The maximum Gasteiger partial charge on any atom is 0.227 e. The van der Waals surface area contributed by atoms with E-state index in [1.165, 1.54) is 0 Å². The quantitative estimate of drug-likeness (QED) is 0.925. The molecule has 0 atom stereocenters. The summed E-state index contributed by atoms with van der Waals surface area (Å²) in [6.45, 7) is 9.27. The van der Waals surface area contributed by atoms with Crippen molar-refractivity contribution >= 4 is 17.5 Å². The van der Waals surface area contributed by atoms with Gasteiger partial charge in [0.05, 0.1) is 12.8 Å². The Hall–Kier alpha value is -2.04. The number of hydrogen-bond donors (Lipinski definition) is 1. The van der Waals surface area contributed by atoms with Gasteiger partial charge in [-0.05, 0) is 36.0 Å². The Morgan fingerprint density at radius 2 is 1.83 bits per heavy atom. The average molecular weight is 332 g/mol. The molecule has 5 heteroatoms. The monoisotopic (exact) mass is 332 g/mol. The van der Waals surface area contributed by atoms with E-state index in [1.54, 1.807) is 18.9 Å². The Labute approximate surface area is 144 Å². The summed E-state index contributed by atoms with van der Waals surface area (Å²) in [5.41, 5.74) is 1.85. The number of likely N-dealkylation sites (tertiary alicyclic amines) is 1. The van der Waals surface area contributed by atoms with Crippen LogP contribution in [0.5, 0.6) is 5.75 Å². The third kappa shape index (κ3) is 4.28. The molecule has 2 rings (SSSR count). The minimum atomic E-state index is -0.0661. The molecule has 1 N–H and O–H groups in total. The molecule has 1 aliphatic rings. The van der Waals surface area contributed by atoms with Crippen molar-refractivity contribution in [3.8, 4) is 5.75 Å². The van der Waals surface area contributed by atoms with Crippen LogP contribution in [-0.4, -0.2) is 36.9 Å². The number of carbonyl (C=O) groups is 2. The molecule has 24 heavy (non-hydrogen) atoms. The van der Waals surface area contributed by atoms with Crippen molar-refractivity contribution in [3.05, 3.63) is 23.8 Å². The van der Waals surface area contributed by atoms with E-state index in [9.17, 15) is 9.59 Å². The van der Waals surface area contributed by atoms with Crippen LogP contribution >= 0.6 is 0 Å². The summed E-state index contributed by atoms with van der Waals surface area (Å²) < 4.78 is 5.38. The number of methoxy groups -OCH3 is 1. The summed E-state index contributed by atoms with van der Waals surface area (Å²) in [6, 6.07) is 5.91. The van der Waals surface area contributed by atoms with Crippen LogP contribution in [-0.2, 0) is 15.0 Å².